The van der Waals surface area contributed by atoms with Crippen molar-refractivity contribution < 1.29 is 14.3 Å². The largest absolute Gasteiger partial charge is 0.462 e. The van der Waals surface area contributed by atoms with Gasteiger partial charge in [-0.25, -0.2) is 0 Å². The molecule has 0 radical (unpaired) electrons. The summed E-state index contributed by atoms with van der Waals surface area (Å²) in [6.45, 7) is 6.59. The molecule has 1 aliphatic rings. The van der Waals surface area contributed by atoms with E-state index in [-0.39, 0.29) is 18.1 Å². The van der Waals surface area contributed by atoms with Gasteiger partial charge in [-0.2, -0.15) is 0 Å². The van der Waals surface area contributed by atoms with Crippen molar-refractivity contribution in [1.82, 2.24) is 0 Å². The number of hydrogen-bond acceptors (Lipinski definition) is 4. The molecule has 1 rings (SSSR count). The molecule has 4 nitrogen and oxygen atoms in total. The summed E-state index contributed by atoms with van der Waals surface area (Å²) in [7, 11) is 0. The summed E-state index contributed by atoms with van der Waals surface area (Å²) in [4.78, 5) is 11.9. The molecular formula is C11H21NO3. The fourth-order valence-corrected chi connectivity index (χ4v) is 1.68. The van der Waals surface area contributed by atoms with Gasteiger partial charge in [0.15, 0.2) is 0 Å². The summed E-state index contributed by atoms with van der Waals surface area (Å²) in [5.74, 6) is -0.228. The van der Waals surface area contributed by atoms with Gasteiger partial charge in [-0.3, -0.25) is 4.79 Å². The molecule has 0 spiro atoms. The van der Waals surface area contributed by atoms with Crippen LogP contribution < -0.4 is 5.73 Å². The van der Waals surface area contributed by atoms with Gasteiger partial charge in [-0.15, -0.1) is 0 Å². The first kappa shape index (κ1) is 12.5. The SMILES string of the molecule is CCCC(C)OC(=O)C1(C)COCC1N. The maximum absolute atomic E-state index is 11.9. The molecule has 0 bridgehead atoms. The third-order valence-corrected chi connectivity index (χ3v) is 2.99. The number of esters is 1. The quantitative estimate of drug-likeness (QED) is 0.713. The fourth-order valence-electron chi connectivity index (χ4n) is 1.68. The molecule has 0 aromatic carbocycles. The van der Waals surface area contributed by atoms with Crippen LogP contribution in [-0.4, -0.2) is 31.3 Å². The zero-order valence-corrected chi connectivity index (χ0v) is 9.79. The van der Waals surface area contributed by atoms with Crippen LogP contribution in [0.15, 0.2) is 0 Å². The second kappa shape index (κ2) is 4.94. The topological polar surface area (TPSA) is 61.5 Å². The van der Waals surface area contributed by atoms with Crippen LogP contribution in [0.3, 0.4) is 0 Å². The van der Waals surface area contributed by atoms with Crippen molar-refractivity contribution in [2.45, 2.75) is 45.8 Å². The molecule has 0 aliphatic carbocycles. The minimum atomic E-state index is -0.665. The van der Waals surface area contributed by atoms with Crippen molar-refractivity contribution >= 4 is 5.97 Å². The van der Waals surface area contributed by atoms with E-state index in [9.17, 15) is 4.79 Å². The number of carbonyl (C=O) groups is 1. The predicted octanol–water partition coefficient (Wildman–Crippen LogP) is 1.08. The molecule has 0 saturated carbocycles. The van der Waals surface area contributed by atoms with Gasteiger partial charge < -0.3 is 15.2 Å². The van der Waals surface area contributed by atoms with Crippen molar-refractivity contribution in [3.8, 4) is 0 Å². The van der Waals surface area contributed by atoms with E-state index in [2.05, 4.69) is 6.92 Å². The van der Waals surface area contributed by atoms with E-state index in [1.165, 1.54) is 0 Å². The molecule has 0 aromatic rings. The van der Waals surface area contributed by atoms with Crippen LogP contribution in [0.1, 0.15) is 33.6 Å². The Labute approximate surface area is 91.1 Å². The van der Waals surface area contributed by atoms with E-state index in [0.717, 1.165) is 12.8 Å². The van der Waals surface area contributed by atoms with Crippen LogP contribution >= 0.6 is 0 Å². The normalized spacial score (nSPS) is 32.7. The first-order valence-electron chi connectivity index (χ1n) is 5.55. The van der Waals surface area contributed by atoms with Gasteiger partial charge in [-0.05, 0) is 20.3 Å². The first-order valence-corrected chi connectivity index (χ1v) is 5.55. The molecule has 3 unspecified atom stereocenters. The fraction of sp³-hybridized carbons (Fsp3) is 0.909. The minimum absolute atomic E-state index is 0.0351. The highest BCUT2D eigenvalue weighted by molar-refractivity contribution is 5.78. The van der Waals surface area contributed by atoms with Crippen LogP contribution in [0.25, 0.3) is 0 Å². The van der Waals surface area contributed by atoms with Gasteiger partial charge in [0.05, 0.1) is 19.3 Å². The van der Waals surface area contributed by atoms with Crippen molar-refractivity contribution in [3.63, 3.8) is 0 Å². The summed E-state index contributed by atoms with van der Waals surface area (Å²) >= 11 is 0. The maximum atomic E-state index is 11.9. The Balaban J connectivity index is 2.52. The van der Waals surface area contributed by atoms with Crippen LogP contribution in [0.5, 0.6) is 0 Å². The first-order chi connectivity index (χ1) is 7.00. The van der Waals surface area contributed by atoms with E-state index < -0.39 is 5.41 Å². The zero-order chi connectivity index (χ0) is 11.5. The van der Waals surface area contributed by atoms with E-state index in [1.807, 2.05) is 13.8 Å². The van der Waals surface area contributed by atoms with E-state index in [4.69, 9.17) is 15.2 Å². The number of nitrogens with two attached hydrogens (primary N) is 1. The lowest BCUT2D eigenvalue weighted by Crippen LogP contribution is -2.46. The van der Waals surface area contributed by atoms with Crippen molar-refractivity contribution in [2.75, 3.05) is 13.2 Å². The highest BCUT2D eigenvalue weighted by Crippen LogP contribution is 2.29. The molecule has 4 heteroatoms. The average molecular weight is 215 g/mol. The van der Waals surface area contributed by atoms with Gasteiger partial charge in [0.1, 0.15) is 5.41 Å². The summed E-state index contributed by atoms with van der Waals surface area (Å²) in [6.07, 6.45) is 1.86. The Morgan fingerprint density at radius 2 is 2.40 bits per heavy atom. The third kappa shape index (κ3) is 2.69. The molecule has 1 aliphatic heterocycles. The molecular weight excluding hydrogens is 194 g/mol. The lowest BCUT2D eigenvalue weighted by Gasteiger charge is -2.26. The van der Waals surface area contributed by atoms with Gasteiger partial charge in [0.2, 0.25) is 0 Å². The van der Waals surface area contributed by atoms with Crippen LogP contribution in [-0.2, 0) is 14.3 Å². The van der Waals surface area contributed by atoms with Crippen LogP contribution in [0.4, 0.5) is 0 Å². The molecule has 0 amide bonds. The summed E-state index contributed by atoms with van der Waals surface area (Å²) in [5, 5.41) is 0. The average Bonchev–Trinajstić information content (AvgIpc) is 2.48. The molecule has 2 N–H and O–H groups in total. The lowest BCUT2D eigenvalue weighted by atomic mass is 9.86. The Morgan fingerprint density at radius 3 is 2.87 bits per heavy atom. The molecule has 88 valence electrons. The standard InChI is InChI=1S/C11H21NO3/c1-4-5-8(2)15-10(13)11(3)7-14-6-9(11)12/h8-9H,4-7,12H2,1-3H3. The van der Waals surface area contributed by atoms with Crippen molar-refractivity contribution in [2.24, 2.45) is 11.1 Å². The van der Waals surface area contributed by atoms with Gasteiger partial charge in [0, 0.05) is 6.04 Å². The summed E-state index contributed by atoms with van der Waals surface area (Å²) in [6, 6.07) is -0.251. The van der Waals surface area contributed by atoms with Crippen LogP contribution in [0.2, 0.25) is 0 Å². The molecule has 3 atom stereocenters. The smallest absolute Gasteiger partial charge is 0.316 e. The van der Waals surface area contributed by atoms with Gasteiger partial charge in [-0.1, -0.05) is 13.3 Å². The molecule has 1 heterocycles. The second-order valence-corrected chi connectivity index (χ2v) is 4.54. The van der Waals surface area contributed by atoms with Crippen molar-refractivity contribution in [1.29, 1.82) is 0 Å². The molecule has 0 aromatic heterocycles. The van der Waals surface area contributed by atoms with E-state index in [1.54, 1.807) is 0 Å². The highest BCUT2D eigenvalue weighted by atomic mass is 16.6. The predicted molar refractivity (Wildman–Crippen MR) is 57.4 cm³/mol. The Morgan fingerprint density at radius 1 is 1.73 bits per heavy atom. The number of rotatable bonds is 4. The van der Waals surface area contributed by atoms with E-state index in [0.29, 0.717) is 13.2 Å². The highest BCUT2D eigenvalue weighted by Gasteiger charge is 2.46. The molecule has 15 heavy (non-hydrogen) atoms. The molecule has 1 saturated heterocycles. The van der Waals surface area contributed by atoms with Crippen molar-refractivity contribution in [3.05, 3.63) is 0 Å². The van der Waals surface area contributed by atoms with Gasteiger partial charge >= 0.3 is 5.97 Å². The number of hydrogen-bond donors (Lipinski definition) is 1. The van der Waals surface area contributed by atoms with E-state index >= 15 is 0 Å². The molecule has 1 fully saturated rings. The lowest BCUT2D eigenvalue weighted by molar-refractivity contribution is -0.160. The Bertz CT molecular complexity index is 232. The second-order valence-electron chi connectivity index (χ2n) is 4.54. The minimum Gasteiger partial charge on any atom is -0.462 e. The third-order valence-electron chi connectivity index (χ3n) is 2.99. The monoisotopic (exact) mass is 215 g/mol. The van der Waals surface area contributed by atoms with Crippen LogP contribution in [0, 0.1) is 5.41 Å². The summed E-state index contributed by atoms with van der Waals surface area (Å²) in [5.41, 5.74) is 5.17. The summed E-state index contributed by atoms with van der Waals surface area (Å²) < 4.78 is 10.6. The number of carbonyl (C=O) groups excluding carboxylic acids is 1. The van der Waals surface area contributed by atoms with Gasteiger partial charge in [0.25, 0.3) is 0 Å². The Kier molecular flexibility index (Phi) is 4.11. The number of ether oxygens (including phenoxy) is 2. The zero-order valence-electron chi connectivity index (χ0n) is 9.79. The maximum Gasteiger partial charge on any atom is 0.316 e. The Hall–Kier alpha value is -0.610.